The van der Waals surface area contributed by atoms with Crippen LogP contribution in [0, 0.1) is 0 Å². The molecular weight excluding hydrogens is 383 g/mol. The summed E-state index contributed by atoms with van der Waals surface area (Å²) < 4.78 is 13.8. The Bertz CT molecular complexity index is 810. The number of hydrogen-bond acceptors (Lipinski definition) is 3. The summed E-state index contributed by atoms with van der Waals surface area (Å²) in [6.45, 7) is 1.93. The first-order valence-corrected chi connectivity index (χ1v) is 9.68. The lowest BCUT2D eigenvalue weighted by Gasteiger charge is -2.20. The van der Waals surface area contributed by atoms with Crippen molar-refractivity contribution in [3.63, 3.8) is 0 Å². The van der Waals surface area contributed by atoms with Crippen molar-refractivity contribution in [2.75, 3.05) is 13.2 Å². The van der Waals surface area contributed by atoms with Gasteiger partial charge in [0.1, 0.15) is 11.9 Å². The fourth-order valence-electron chi connectivity index (χ4n) is 2.73. The molecule has 0 fully saturated rings. The molecule has 1 aromatic heterocycles. The fraction of sp³-hybridized carbons (Fsp3) is 0.286. The van der Waals surface area contributed by atoms with E-state index in [0.717, 1.165) is 24.2 Å². The third kappa shape index (κ3) is 6.28. The zero-order chi connectivity index (χ0) is 18.9. The van der Waals surface area contributed by atoms with Crippen molar-refractivity contribution in [3.8, 4) is 5.75 Å². The van der Waals surface area contributed by atoms with E-state index in [1.54, 1.807) is 18.6 Å². The molecule has 0 radical (unpaired) electrons. The summed E-state index contributed by atoms with van der Waals surface area (Å²) in [7, 11) is 0. The van der Waals surface area contributed by atoms with Gasteiger partial charge >= 0.3 is 0 Å². The second-order valence-corrected chi connectivity index (χ2v) is 7.00. The second kappa shape index (κ2) is 10.4. The van der Waals surface area contributed by atoms with Crippen LogP contribution in [-0.4, -0.2) is 22.8 Å². The van der Waals surface area contributed by atoms with E-state index in [1.807, 2.05) is 53.2 Å². The van der Waals surface area contributed by atoms with Crippen LogP contribution in [0.25, 0.3) is 0 Å². The van der Waals surface area contributed by atoms with Crippen LogP contribution in [0.3, 0.4) is 0 Å². The summed E-state index contributed by atoms with van der Waals surface area (Å²) in [5.74, 6) is 0.893. The van der Waals surface area contributed by atoms with Gasteiger partial charge in [-0.2, -0.15) is 0 Å². The number of nitrogens with zero attached hydrogens (tertiary/aromatic N) is 2. The molecular formula is C21H22Cl2N2O2. The van der Waals surface area contributed by atoms with Gasteiger partial charge in [-0.15, -0.1) is 0 Å². The molecule has 4 nitrogen and oxygen atoms in total. The standard InChI is InChI=1S/C21H22Cl2N2O2/c22-17-8-9-19(20(23)14-17)21(15-25-11-10-24-16-25)27-13-5-4-12-26-18-6-2-1-3-7-18/h1-3,6-11,14,16,21H,4-5,12-13,15H2. The SMILES string of the molecule is Clc1ccc(C(Cn2ccnc2)OCCCCOc2ccccc2)c(Cl)c1. The Morgan fingerprint density at radius 1 is 1.00 bits per heavy atom. The van der Waals surface area contributed by atoms with Crippen LogP contribution in [-0.2, 0) is 11.3 Å². The van der Waals surface area contributed by atoms with Crippen molar-refractivity contribution in [1.29, 1.82) is 0 Å². The van der Waals surface area contributed by atoms with Gasteiger partial charge in [-0.1, -0.05) is 47.5 Å². The number of aromatic nitrogens is 2. The van der Waals surface area contributed by atoms with Gasteiger partial charge in [0.25, 0.3) is 0 Å². The molecule has 2 aromatic carbocycles. The molecule has 142 valence electrons. The van der Waals surface area contributed by atoms with Crippen LogP contribution in [0.4, 0.5) is 0 Å². The van der Waals surface area contributed by atoms with E-state index in [9.17, 15) is 0 Å². The lowest BCUT2D eigenvalue weighted by molar-refractivity contribution is 0.0368. The molecule has 1 heterocycles. The van der Waals surface area contributed by atoms with E-state index in [0.29, 0.717) is 29.8 Å². The van der Waals surface area contributed by atoms with Gasteiger partial charge in [-0.05, 0) is 37.1 Å². The van der Waals surface area contributed by atoms with Crippen LogP contribution in [0.1, 0.15) is 24.5 Å². The van der Waals surface area contributed by atoms with E-state index in [2.05, 4.69) is 4.98 Å². The van der Waals surface area contributed by atoms with Gasteiger partial charge in [0.05, 0.1) is 19.5 Å². The molecule has 3 aromatic rings. The largest absolute Gasteiger partial charge is 0.494 e. The summed E-state index contributed by atoms with van der Waals surface area (Å²) in [6, 6.07) is 15.3. The molecule has 0 N–H and O–H groups in total. The predicted molar refractivity (Wildman–Crippen MR) is 109 cm³/mol. The zero-order valence-electron chi connectivity index (χ0n) is 14.9. The molecule has 3 rings (SSSR count). The van der Waals surface area contributed by atoms with Gasteiger partial charge < -0.3 is 14.0 Å². The highest BCUT2D eigenvalue weighted by atomic mass is 35.5. The van der Waals surface area contributed by atoms with Gasteiger partial charge in [0.15, 0.2) is 0 Å². The third-order valence-corrected chi connectivity index (χ3v) is 4.68. The molecule has 0 spiro atoms. The Morgan fingerprint density at radius 3 is 2.56 bits per heavy atom. The number of halogens is 2. The van der Waals surface area contributed by atoms with Crippen molar-refractivity contribution in [2.24, 2.45) is 0 Å². The number of imidazole rings is 1. The molecule has 0 saturated carbocycles. The number of rotatable bonds is 10. The number of benzene rings is 2. The van der Waals surface area contributed by atoms with E-state index in [1.165, 1.54) is 0 Å². The van der Waals surface area contributed by atoms with E-state index < -0.39 is 0 Å². The summed E-state index contributed by atoms with van der Waals surface area (Å²) in [4.78, 5) is 4.09. The number of para-hydroxylation sites is 1. The predicted octanol–water partition coefficient (Wildman–Crippen LogP) is 5.81. The monoisotopic (exact) mass is 404 g/mol. The second-order valence-electron chi connectivity index (χ2n) is 6.15. The van der Waals surface area contributed by atoms with Crippen LogP contribution >= 0.6 is 23.2 Å². The quantitative estimate of drug-likeness (QED) is 0.400. The summed E-state index contributed by atoms with van der Waals surface area (Å²) in [6.07, 6.45) is 7.09. The maximum Gasteiger partial charge on any atom is 0.119 e. The van der Waals surface area contributed by atoms with Crippen molar-refractivity contribution in [2.45, 2.75) is 25.5 Å². The Morgan fingerprint density at radius 2 is 1.81 bits per heavy atom. The molecule has 0 aliphatic heterocycles. The van der Waals surface area contributed by atoms with Crippen molar-refractivity contribution >= 4 is 23.2 Å². The molecule has 0 aliphatic rings. The third-order valence-electron chi connectivity index (χ3n) is 4.11. The maximum atomic E-state index is 6.39. The van der Waals surface area contributed by atoms with Gasteiger partial charge in [0.2, 0.25) is 0 Å². The highest BCUT2D eigenvalue weighted by Crippen LogP contribution is 2.29. The maximum absolute atomic E-state index is 6.39. The van der Waals surface area contributed by atoms with Crippen molar-refractivity contribution in [3.05, 3.63) is 82.9 Å². The van der Waals surface area contributed by atoms with Crippen LogP contribution < -0.4 is 4.74 Å². The van der Waals surface area contributed by atoms with Crippen LogP contribution in [0.5, 0.6) is 5.75 Å². The fourth-order valence-corrected chi connectivity index (χ4v) is 3.26. The van der Waals surface area contributed by atoms with E-state index >= 15 is 0 Å². The van der Waals surface area contributed by atoms with E-state index in [-0.39, 0.29) is 6.10 Å². The lowest BCUT2D eigenvalue weighted by Crippen LogP contribution is -2.13. The average Bonchev–Trinajstić information content (AvgIpc) is 3.18. The molecule has 0 bridgehead atoms. The molecule has 6 heteroatoms. The summed E-state index contributed by atoms with van der Waals surface area (Å²) in [5, 5.41) is 1.23. The first-order valence-electron chi connectivity index (χ1n) is 8.92. The Hall–Kier alpha value is -2.01. The molecule has 0 amide bonds. The summed E-state index contributed by atoms with van der Waals surface area (Å²) >= 11 is 12.4. The van der Waals surface area contributed by atoms with Crippen LogP contribution in [0.15, 0.2) is 67.3 Å². The Balaban J connectivity index is 1.50. The lowest BCUT2D eigenvalue weighted by atomic mass is 10.1. The molecule has 1 atom stereocenters. The average molecular weight is 405 g/mol. The number of hydrogen-bond donors (Lipinski definition) is 0. The summed E-state index contributed by atoms with van der Waals surface area (Å²) in [5.41, 5.74) is 0.926. The highest BCUT2D eigenvalue weighted by molar-refractivity contribution is 6.35. The Kier molecular flexibility index (Phi) is 7.57. The number of unbranched alkanes of at least 4 members (excludes halogenated alkanes) is 1. The molecule has 27 heavy (non-hydrogen) atoms. The minimum absolute atomic E-state index is 0.168. The van der Waals surface area contributed by atoms with Gasteiger partial charge in [-0.25, -0.2) is 4.98 Å². The first kappa shape index (κ1) is 19.7. The normalized spacial score (nSPS) is 12.1. The van der Waals surface area contributed by atoms with Gasteiger partial charge in [-0.3, -0.25) is 0 Å². The van der Waals surface area contributed by atoms with Crippen molar-refractivity contribution in [1.82, 2.24) is 9.55 Å². The van der Waals surface area contributed by atoms with E-state index in [4.69, 9.17) is 32.7 Å². The number of ether oxygens (including phenoxy) is 2. The first-order chi connectivity index (χ1) is 13.2. The molecule has 0 aliphatic carbocycles. The van der Waals surface area contributed by atoms with Crippen molar-refractivity contribution < 1.29 is 9.47 Å². The van der Waals surface area contributed by atoms with Crippen LogP contribution in [0.2, 0.25) is 10.0 Å². The minimum Gasteiger partial charge on any atom is -0.494 e. The zero-order valence-corrected chi connectivity index (χ0v) is 16.4. The minimum atomic E-state index is -0.168. The highest BCUT2D eigenvalue weighted by Gasteiger charge is 2.16. The smallest absolute Gasteiger partial charge is 0.119 e. The Labute approximate surface area is 169 Å². The topological polar surface area (TPSA) is 36.3 Å². The van der Waals surface area contributed by atoms with Gasteiger partial charge in [0, 0.05) is 34.6 Å². The molecule has 1 unspecified atom stereocenters. The molecule has 0 saturated heterocycles.